The second kappa shape index (κ2) is 7.33. The molecule has 2 aromatic rings. The van der Waals surface area contributed by atoms with Crippen LogP contribution in [0.1, 0.15) is 30.5 Å². The van der Waals surface area contributed by atoms with E-state index in [0.717, 1.165) is 29.1 Å². The number of hydrogen-bond acceptors (Lipinski definition) is 1. The fourth-order valence-corrected chi connectivity index (χ4v) is 2.79. The smallest absolute Gasteiger partial charge is 0.0643 e. The van der Waals surface area contributed by atoms with Gasteiger partial charge in [0, 0.05) is 5.02 Å². The molecule has 0 aliphatic heterocycles. The van der Waals surface area contributed by atoms with Crippen LogP contribution in [0.5, 0.6) is 0 Å². The topological polar surface area (TPSA) is 12.0 Å². The van der Waals surface area contributed by atoms with E-state index in [1.54, 1.807) is 6.07 Å². The van der Waals surface area contributed by atoms with Gasteiger partial charge in [-0.25, -0.2) is 0 Å². The summed E-state index contributed by atoms with van der Waals surface area (Å²) in [6.45, 7) is 3.00. The number of rotatable bonds is 5. The SMILES string of the molecule is CCCNC(c1ccccc1Cl)c1cccc(Cl)c1Cl. The summed E-state index contributed by atoms with van der Waals surface area (Å²) in [5.74, 6) is 0. The molecule has 20 heavy (non-hydrogen) atoms. The molecule has 1 N–H and O–H groups in total. The summed E-state index contributed by atoms with van der Waals surface area (Å²) in [5.41, 5.74) is 1.95. The van der Waals surface area contributed by atoms with Gasteiger partial charge in [-0.2, -0.15) is 0 Å². The molecule has 2 rings (SSSR count). The standard InChI is InChI=1S/C16H16Cl3N/c1-2-10-20-16(11-6-3-4-8-13(11)17)12-7-5-9-14(18)15(12)19/h3-9,16,20H,2,10H2,1H3. The summed E-state index contributed by atoms with van der Waals surface area (Å²) in [6.07, 6.45) is 1.03. The largest absolute Gasteiger partial charge is 0.306 e. The van der Waals surface area contributed by atoms with Crippen LogP contribution in [-0.4, -0.2) is 6.54 Å². The van der Waals surface area contributed by atoms with Crippen molar-refractivity contribution < 1.29 is 0 Å². The third-order valence-electron chi connectivity index (χ3n) is 3.11. The van der Waals surface area contributed by atoms with Crippen molar-refractivity contribution in [1.82, 2.24) is 5.32 Å². The molecule has 0 aliphatic rings. The number of benzene rings is 2. The van der Waals surface area contributed by atoms with Crippen molar-refractivity contribution in [3.63, 3.8) is 0 Å². The zero-order chi connectivity index (χ0) is 14.5. The molecule has 4 heteroatoms. The fraction of sp³-hybridized carbons (Fsp3) is 0.250. The molecule has 0 radical (unpaired) electrons. The Balaban J connectivity index is 2.47. The van der Waals surface area contributed by atoms with E-state index in [1.165, 1.54) is 0 Å². The normalized spacial score (nSPS) is 12.4. The van der Waals surface area contributed by atoms with Crippen LogP contribution in [0.25, 0.3) is 0 Å². The summed E-state index contributed by atoms with van der Waals surface area (Å²) in [5, 5.41) is 5.33. The average molecular weight is 329 g/mol. The first-order chi connectivity index (χ1) is 9.65. The molecule has 1 unspecified atom stereocenters. The van der Waals surface area contributed by atoms with Crippen molar-refractivity contribution in [3.05, 3.63) is 68.7 Å². The number of nitrogens with one attached hydrogen (secondary N) is 1. The van der Waals surface area contributed by atoms with Crippen molar-refractivity contribution in [2.75, 3.05) is 6.54 Å². The molecular formula is C16H16Cl3N. The van der Waals surface area contributed by atoms with Gasteiger partial charge in [0.05, 0.1) is 16.1 Å². The summed E-state index contributed by atoms with van der Waals surface area (Å²) >= 11 is 18.8. The summed E-state index contributed by atoms with van der Waals surface area (Å²) in [4.78, 5) is 0. The Morgan fingerprint density at radius 3 is 2.25 bits per heavy atom. The van der Waals surface area contributed by atoms with Crippen LogP contribution < -0.4 is 5.32 Å². The van der Waals surface area contributed by atoms with Gasteiger partial charge in [0.25, 0.3) is 0 Å². The van der Waals surface area contributed by atoms with E-state index < -0.39 is 0 Å². The first-order valence-corrected chi connectivity index (χ1v) is 7.70. The van der Waals surface area contributed by atoms with Crippen molar-refractivity contribution in [2.24, 2.45) is 0 Å². The van der Waals surface area contributed by atoms with Crippen LogP contribution in [-0.2, 0) is 0 Å². The molecule has 0 aromatic heterocycles. The molecule has 0 saturated carbocycles. The Labute approximate surface area is 134 Å². The predicted molar refractivity (Wildman–Crippen MR) is 88.1 cm³/mol. The minimum Gasteiger partial charge on any atom is -0.306 e. The van der Waals surface area contributed by atoms with Gasteiger partial charge < -0.3 is 5.32 Å². The molecule has 0 fully saturated rings. The van der Waals surface area contributed by atoms with Crippen LogP contribution >= 0.6 is 34.8 Å². The van der Waals surface area contributed by atoms with Gasteiger partial charge in [-0.3, -0.25) is 0 Å². The van der Waals surface area contributed by atoms with Crippen LogP contribution in [0, 0.1) is 0 Å². The van der Waals surface area contributed by atoms with Crippen LogP contribution in [0.3, 0.4) is 0 Å². The molecule has 0 aliphatic carbocycles. The van der Waals surface area contributed by atoms with Crippen molar-refractivity contribution >= 4 is 34.8 Å². The molecule has 0 heterocycles. The molecule has 0 saturated heterocycles. The maximum atomic E-state index is 6.35. The van der Waals surface area contributed by atoms with Crippen LogP contribution in [0.15, 0.2) is 42.5 Å². The van der Waals surface area contributed by atoms with Gasteiger partial charge in [-0.15, -0.1) is 0 Å². The lowest BCUT2D eigenvalue weighted by Gasteiger charge is -2.22. The highest BCUT2D eigenvalue weighted by atomic mass is 35.5. The Morgan fingerprint density at radius 2 is 1.55 bits per heavy atom. The molecule has 1 atom stereocenters. The predicted octanol–water partition coefficient (Wildman–Crippen LogP) is 5.74. The van der Waals surface area contributed by atoms with Crippen LogP contribution in [0.2, 0.25) is 15.1 Å². The lowest BCUT2D eigenvalue weighted by atomic mass is 9.98. The van der Waals surface area contributed by atoms with Gasteiger partial charge in [0.2, 0.25) is 0 Å². The molecular weight excluding hydrogens is 313 g/mol. The van der Waals surface area contributed by atoms with E-state index in [1.807, 2.05) is 36.4 Å². The second-order valence-electron chi connectivity index (χ2n) is 4.55. The van der Waals surface area contributed by atoms with E-state index in [-0.39, 0.29) is 6.04 Å². The van der Waals surface area contributed by atoms with E-state index in [2.05, 4.69) is 12.2 Å². The Kier molecular flexibility index (Phi) is 5.74. The van der Waals surface area contributed by atoms with Crippen molar-refractivity contribution in [3.8, 4) is 0 Å². The monoisotopic (exact) mass is 327 g/mol. The minimum atomic E-state index is -0.0603. The zero-order valence-electron chi connectivity index (χ0n) is 11.2. The van der Waals surface area contributed by atoms with E-state index >= 15 is 0 Å². The summed E-state index contributed by atoms with van der Waals surface area (Å²) < 4.78 is 0. The number of hydrogen-bond donors (Lipinski definition) is 1. The highest BCUT2D eigenvalue weighted by Crippen LogP contribution is 2.35. The Morgan fingerprint density at radius 1 is 0.900 bits per heavy atom. The highest BCUT2D eigenvalue weighted by Gasteiger charge is 2.19. The summed E-state index contributed by atoms with van der Waals surface area (Å²) in [6, 6.07) is 13.4. The maximum Gasteiger partial charge on any atom is 0.0643 e. The Bertz CT molecular complexity index is 584. The summed E-state index contributed by atoms with van der Waals surface area (Å²) in [7, 11) is 0. The fourth-order valence-electron chi connectivity index (χ4n) is 2.13. The third kappa shape index (κ3) is 3.48. The zero-order valence-corrected chi connectivity index (χ0v) is 13.4. The second-order valence-corrected chi connectivity index (χ2v) is 5.74. The maximum absolute atomic E-state index is 6.35. The van der Waals surface area contributed by atoms with E-state index in [4.69, 9.17) is 34.8 Å². The molecule has 0 bridgehead atoms. The molecule has 0 spiro atoms. The first-order valence-electron chi connectivity index (χ1n) is 6.56. The lowest BCUT2D eigenvalue weighted by Crippen LogP contribution is -2.23. The third-order valence-corrected chi connectivity index (χ3v) is 4.28. The van der Waals surface area contributed by atoms with Gasteiger partial charge in [0.1, 0.15) is 0 Å². The van der Waals surface area contributed by atoms with Gasteiger partial charge in [-0.1, -0.05) is 72.1 Å². The quantitative estimate of drug-likeness (QED) is 0.738. The molecule has 106 valence electrons. The van der Waals surface area contributed by atoms with Crippen LogP contribution in [0.4, 0.5) is 0 Å². The lowest BCUT2D eigenvalue weighted by molar-refractivity contribution is 0.599. The average Bonchev–Trinajstić information content (AvgIpc) is 2.45. The van der Waals surface area contributed by atoms with Crippen molar-refractivity contribution in [1.29, 1.82) is 0 Å². The Hall–Kier alpha value is -0.730. The van der Waals surface area contributed by atoms with Gasteiger partial charge in [0.15, 0.2) is 0 Å². The molecule has 1 nitrogen and oxygen atoms in total. The van der Waals surface area contributed by atoms with Crippen molar-refractivity contribution in [2.45, 2.75) is 19.4 Å². The first kappa shape index (κ1) is 15.7. The highest BCUT2D eigenvalue weighted by molar-refractivity contribution is 6.42. The minimum absolute atomic E-state index is 0.0603. The number of halogens is 3. The van der Waals surface area contributed by atoms with E-state index in [0.29, 0.717) is 10.0 Å². The van der Waals surface area contributed by atoms with Gasteiger partial charge in [-0.05, 0) is 36.2 Å². The molecule has 2 aromatic carbocycles. The van der Waals surface area contributed by atoms with Gasteiger partial charge >= 0.3 is 0 Å². The van der Waals surface area contributed by atoms with E-state index in [9.17, 15) is 0 Å². The molecule has 0 amide bonds.